The Morgan fingerprint density at radius 3 is 0.848 bits per heavy atom. The van der Waals surface area contributed by atoms with E-state index in [1.165, 1.54) is 7.06 Å². The van der Waals surface area contributed by atoms with Gasteiger partial charge in [0.15, 0.2) is 0 Å². The molecule has 0 saturated carbocycles. The van der Waals surface area contributed by atoms with Crippen molar-refractivity contribution in [2.45, 2.75) is 5.62 Å². The van der Waals surface area contributed by atoms with E-state index in [-0.39, 0.29) is 0 Å². The molecule has 0 rings (SSSR count). The quantitative estimate of drug-likeness (QED) is 0.255. The summed E-state index contributed by atoms with van der Waals surface area (Å²) in [7, 11) is 105. The van der Waals surface area contributed by atoms with E-state index >= 15 is 0 Å². The Morgan fingerprint density at radius 2 is 0.667 bits per heavy atom. The van der Waals surface area contributed by atoms with Gasteiger partial charge in [-0.25, -0.2) is 0 Å². The topological polar surface area (TPSA) is 0 Å². The molecule has 0 amide bonds. The standard InChI is InChI=1S/CHB32/c2-19-31(26(9)10)21(25(7)8)1(20(23(3)4)24(5)6)22(32(27(11)12)28(13)14)33(29(15)16)30(17)18/h1H. The first-order chi connectivity index (χ1) is 15.0. The lowest BCUT2D eigenvalue weighted by Crippen LogP contribution is -2.82. The summed E-state index contributed by atoms with van der Waals surface area (Å²) in [6, 6.07) is 0. The highest BCUT2D eigenvalue weighted by atomic mass is 13.7. The van der Waals surface area contributed by atoms with Crippen molar-refractivity contribution in [1.82, 2.24) is 0 Å². The van der Waals surface area contributed by atoms with E-state index in [4.69, 9.17) is 132 Å². The van der Waals surface area contributed by atoms with E-state index in [1.54, 1.807) is 0 Å². The van der Waals surface area contributed by atoms with Crippen molar-refractivity contribution in [1.29, 1.82) is 0 Å². The van der Waals surface area contributed by atoms with Crippen LogP contribution < -0.4 is 0 Å². The highest BCUT2D eigenvalue weighted by Gasteiger charge is 2.52. The second-order valence-corrected chi connectivity index (χ2v) is 8.85. The molecule has 0 aromatic heterocycles. The summed E-state index contributed by atoms with van der Waals surface area (Å²) < 4.78 is 0. The first kappa shape index (κ1) is 35.1. The summed E-state index contributed by atoms with van der Waals surface area (Å²) in [6.07, 6.45) is -11.3. The van der Waals surface area contributed by atoms with E-state index in [0.29, 0.717) is 0 Å². The molecule has 0 bridgehead atoms. The fourth-order valence-electron chi connectivity index (χ4n) is 5.13. The van der Waals surface area contributed by atoms with Crippen LogP contribution in [0.2, 0.25) is 5.62 Å². The third-order valence-corrected chi connectivity index (χ3v) is 6.44. The maximum Gasteiger partial charge on any atom is 0.0294 e. The van der Waals surface area contributed by atoms with E-state index in [2.05, 4.69) is 0 Å². The fraction of sp³-hybridized carbons (Fsp3) is 1.00. The van der Waals surface area contributed by atoms with E-state index in [9.17, 15) is 0 Å². The highest BCUT2D eigenvalue weighted by molar-refractivity contribution is 8.11. The molecule has 1 atom stereocenters. The van der Waals surface area contributed by atoms with Crippen LogP contribution in [-0.4, -0.2) is 228 Å². The van der Waals surface area contributed by atoms with Crippen molar-refractivity contribution in [3.63, 3.8) is 0 Å². The normalized spacial score (nSPS) is 10.5. The molecule has 1 unspecified atom stereocenters. The van der Waals surface area contributed by atoms with E-state index in [1.807, 2.05) is 0 Å². The van der Waals surface area contributed by atoms with Crippen molar-refractivity contribution in [2.24, 2.45) is 0 Å². The average Bonchev–Trinajstić information content (AvgIpc) is 2.61. The lowest BCUT2D eigenvalue weighted by molar-refractivity contribution is 1.80. The van der Waals surface area contributed by atoms with Crippen LogP contribution in [0.3, 0.4) is 0 Å². The lowest BCUT2D eigenvalue weighted by Gasteiger charge is -2.52. The zero-order valence-corrected chi connectivity index (χ0v) is 19.1. The summed E-state index contributed by atoms with van der Waals surface area (Å²) in [5.74, 6) is 0. The molecule has 0 saturated heterocycles. The van der Waals surface area contributed by atoms with Gasteiger partial charge in [-0.15, -0.1) is 5.62 Å². The van der Waals surface area contributed by atoms with Gasteiger partial charge in [0.25, 0.3) is 0 Å². The van der Waals surface area contributed by atoms with Gasteiger partial charge in [-0.05, 0) is 0 Å². The Morgan fingerprint density at radius 1 is 0.364 bits per heavy atom. The second-order valence-electron chi connectivity index (χ2n) is 8.85. The van der Waals surface area contributed by atoms with Crippen molar-refractivity contribution in [3.8, 4) is 0 Å². The fourth-order valence-corrected chi connectivity index (χ4v) is 5.13. The van der Waals surface area contributed by atoms with Gasteiger partial charge in [-0.2, -0.15) is 0 Å². The van der Waals surface area contributed by atoms with Crippen molar-refractivity contribution >= 4 is 228 Å². The first-order valence-corrected chi connectivity index (χ1v) is 10.7. The number of hydrogen-bond donors (Lipinski definition) is 0. The van der Waals surface area contributed by atoms with Gasteiger partial charge in [0, 0.05) is 228 Å². The molecule has 0 aromatic rings. The summed E-state index contributed by atoms with van der Waals surface area (Å²) in [6.45, 7) is -2.65. The Labute approximate surface area is 232 Å². The summed E-state index contributed by atoms with van der Waals surface area (Å²) >= 11 is 0. The third kappa shape index (κ3) is 9.72. The van der Waals surface area contributed by atoms with Gasteiger partial charge >= 0.3 is 0 Å². The second kappa shape index (κ2) is 16.1. The molecule has 0 nitrogen and oxygen atoms in total. The third-order valence-electron chi connectivity index (χ3n) is 6.44. The van der Waals surface area contributed by atoms with Gasteiger partial charge in [0.2, 0.25) is 0 Å². The first-order valence-electron chi connectivity index (χ1n) is 10.7. The molecule has 35 radical (unpaired) electrons. The van der Waals surface area contributed by atoms with Crippen LogP contribution in [0.4, 0.5) is 0 Å². The van der Waals surface area contributed by atoms with Crippen LogP contribution in [0, 0.1) is 0 Å². The smallest absolute Gasteiger partial charge is 0.0294 e. The minimum absolute atomic E-state index is 0.787. The molecule has 0 N–H and O–H groups in total. The van der Waals surface area contributed by atoms with Crippen LogP contribution in [-0.2, 0) is 0 Å². The Kier molecular flexibility index (Phi) is 17.1. The van der Waals surface area contributed by atoms with Crippen LogP contribution in [0.25, 0.3) is 0 Å². The minimum atomic E-state index is -1.10. The monoisotopic (exact) mass is 365 g/mol. The predicted octanol–water partition coefficient (Wildman–Crippen LogP) is -11.8. The van der Waals surface area contributed by atoms with Gasteiger partial charge in [0.05, 0.1) is 0 Å². The van der Waals surface area contributed by atoms with E-state index in [0.717, 1.165) is 0 Å². The molecule has 0 aliphatic rings. The number of rotatable bonds is 15. The molecule has 0 aromatic carbocycles. The zero-order chi connectivity index (χ0) is 26.4. The Hall–Kier alpha value is 2.08. The predicted molar refractivity (Wildman–Crippen MR) is 188 cm³/mol. The Bertz CT molecular complexity index is 455. The van der Waals surface area contributed by atoms with Crippen molar-refractivity contribution in [2.75, 3.05) is 0 Å². The van der Waals surface area contributed by atoms with Gasteiger partial charge in [0.1, 0.15) is 0 Å². The van der Waals surface area contributed by atoms with Crippen molar-refractivity contribution in [3.05, 3.63) is 0 Å². The van der Waals surface area contributed by atoms with Gasteiger partial charge < -0.3 is 0 Å². The molecular weight excluding hydrogens is 358 g/mol. The molecule has 101 valence electrons. The molecule has 0 heterocycles. The Balaban J connectivity index is 7.45. The number of hydrogen-bond acceptors (Lipinski definition) is 0. The molecule has 32 heteroatoms. The molecule has 0 aliphatic heterocycles. The zero-order valence-electron chi connectivity index (χ0n) is 19.1. The van der Waals surface area contributed by atoms with Crippen LogP contribution in [0.15, 0.2) is 0 Å². The van der Waals surface area contributed by atoms with E-state index < -0.39 is 95.3 Å². The summed E-state index contributed by atoms with van der Waals surface area (Å²) in [5.41, 5.74) is -0.882. The highest BCUT2D eigenvalue weighted by Crippen LogP contribution is 2.27. The van der Waals surface area contributed by atoms with Crippen molar-refractivity contribution < 1.29 is 0 Å². The molecular formula is CHB32. The van der Waals surface area contributed by atoms with Crippen LogP contribution in [0.1, 0.15) is 0 Å². The average molecular weight is 359 g/mol. The van der Waals surface area contributed by atoms with Crippen LogP contribution in [0.5, 0.6) is 0 Å². The molecule has 0 aliphatic carbocycles. The van der Waals surface area contributed by atoms with Gasteiger partial charge in [-0.1, -0.05) is 0 Å². The molecule has 33 heavy (non-hydrogen) atoms. The maximum absolute atomic E-state index is 6.21. The largest absolute Gasteiger partial charge is 0.146 e. The maximum atomic E-state index is 6.21. The van der Waals surface area contributed by atoms with Crippen LogP contribution >= 0.6 is 0 Å². The summed E-state index contributed by atoms with van der Waals surface area (Å²) in [5, 5.41) is 0. The molecule has 0 spiro atoms. The minimum Gasteiger partial charge on any atom is -0.146 e. The molecule has 0 fully saturated rings. The van der Waals surface area contributed by atoms with Gasteiger partial charge in [-0.3, -0.25) is 0 Å². The summed E-state index contributed by atoms with van der Waals surface area (Å²) in [4.78, 5) is 0. The SMILES string of the molecule is [B][B]B(B([B])[B])B(B([B])[B])C(B(B([B])[B])B([B])[B])B(B(B([B])[B])B([B])[B])B(B([B])[B])B([B])[B]. The lowest BCUT2D eigenvalue weighted by atomic mass is 8.42.